The van der Waals surface area contributed by atoms with Crippen LogP contribution in [0.5, 0.6) is 0 Å². The fourth-order valence-electron chi connectivity index (χ4n) is 3.03. The van der Waals surface area contributed by atoms with E-state index in [1.54, 1.807) is 4.90 Å². The van der Waals surface area contributed by atoms with Crippen molar-refractivity contribution in [1.82, 2.24) is 0 Å². The van der Waals surface area contributed by atoms with Crippen molar-refractivity contribution in [3.05, 3.63) is 0 Å². The SMILES string of the molecule is CCCCCCCCCCCCCCCCCC[NH+](C)C.COS(=O)(=O)[O-].C[NH2+]C.[Cl-]. The minimum absolute atomic E-state index is 0. The molecule has 194 valence electrons. The van der Waals surface area contributed by atoms with Gasteiger partial charge in [-0.05, 0) is 12.8 Å². The van der Waals surface area contributed by atoms with Gasteiger partial charge < -0.3 is 27.2 Å². The quantitative estimate of drug-likeness (QED) is 0.164. The molecule has 0 aromatic carbocycles. The van der Waals surface area contributed by atoms with Gasteiger partial charge in [0.1, 0.15) is 0 Å². The number of halogens is 1. The predicted octanol–water partition coefficient (Wildman–Crippen LogP) is 0.299. The Kier molecular flexibility index (Phi) is 39.9. The number of rotatable bonds is 18. The molecule has 0 heterocycles. The zero-order chi connectivity index (χ0) is 23.5. The van der Waals surface area contributed by atoms with E-state index in [4.69, 9.17) is 0 Å². The maximum atomic E-state index is 9.22. The molecule has 8 heteroatoms. The van der Waals surface area contributed by atoms with Gasteiger partial charge in [0.15, 0.2) is 0 Å². The number of hydrogen-bond acceptors (Lipinski definition) is 4. The summed E-state index contributed by atoms with van der Waals surface area (Å²) in [5, 5.41) is 2.00. The van der Waals surface area contributed by atoms with E-state index in [2.05, 4.69) is 25.2 Å². The summed E-state index contributed by atoms with van der Waals surface area (Å²) >= 11 is 0. The first kappa shape index (κ1) is 38.3. The fraction of sp³-hybridized carbons (Fsp3) is 1.00. The highest BCUT2D eigenvalue weighted by atomic mass is 35.5. The van der Waals surface area contributed by atoms with Gasteiger partial charge >= 0.3 is 0 Å². The number of hydrogen-bond donors (Lipinski definition) is 2. The van der Waals surface area contributed by atoms with Crippen LogP contribution in [0.2, 0.25) is 0 Å². The highest BCUT2D eigenvalue weighted by Gasteiger charge is 1.96. The molecule has 0 aliphatic carbocycles. The van der Waals surface area contributed by atoms with Gasteiger partial charge in [0, 0.05) is 0 Å². The Morgan fingerprint density at radius 2 is 0.935 bits per heavy atom. The third-order valence-corrected chi connectivity index (χ3v) is 5.14. The van der Waals surface area contributed by atoms with Crippen LogP contribution >= 0.6 is 0 Å². The van der Waals surface area contributed by atoms with E-state index in [1.807, 2.05) is 19.4 Å². The van der Waals surface area contributed by atoms with Crippen molar-refractivity contribution < 1.29 is 39.8 Å². The van der Waals surface area contributed by atoms with Crippen LogP contribution < -0.4 is 22.6 Å². The van der Waals surface area contributed by atoms with Crippen molar-refractivity contribution in [3.63, 3.8) is 0 Å². The lowest BCUT2D eigenvalue weighted by Gasteiger charge is -2.06. The normalized spacial score (nSPS) is 10.6. The molecule has 0 aliphatic heterocycles. The Balaban J connectivity index is -0.000000307. The smallest absolute Gasteiger partial charge is 0.217 e. The minimum atomic E-state index is -4.41. The molecule has 6 nitrogen and oxygen atoms in total. The molecule has 0 rings (SSSR count). The third kappa shape index (κ3) is 53.4. The number of nitrogens with two attached hydrogens (primary N) is 1. The summed E-state index contributed by atoms with van der Waals surface area (Å²) in [5.74, 6) is 0. The molecule has 0 saturated carbocycles. The molecule has 0 atom stereocenters. The Labute approximate surface area is 201 Å². The molecule has 0 unspecified atom stereocenters. The summed E-state index contributed by atoms with van der Waals surface area (Å²) in [6, 6.07) is 0. The van der Waals surface area contributed by atoms with Crippen molar-refractivity contribution in [2.24, 2.45) is 0 Å². The van der Waals surface area contributed by atoms with Crippen LogP contribution in [-0.2, 0) is 14.6 Å². The maximum Gasteiger partial charge on any atom is 0.217 e. The summed E-state index contributed by atoms with van der Waals surface area (Å²) in [6.07, 6.45) is 23.4. The molecule has 0 amide bonds. The van der Waals surface area contributed by atoms with Gasteiger partial charge in [0.05, 0.1) is 41.8 Å². The second kappa shape index (κ2) is 32.3. The van der Waals surface area contributed by atoms with Crippen LogP contribution in [-0.4, -0.2) is 54.8 Å². The minimum Gasteiger partial charge on any atom is -1.00 e. The Morgan fingerprint density at radius 3 is 1.13 bits per heavy atom. The lowest BCUT2D eigenvalue weighted by Crippen LogP contribution is -3.05. The lowest BCUT2D eigenvalue weighted by molar-refractivity contribution is -0.858. The van der Waals surface area contributed by atoms with Gasteiger partial charge in [0.25, 0.3) is 0 Å². The van der Waals surface area contributed by atoms with E-state index in [1.165, 1.54) is 109 Å². The highest BCUT2D eigenvalue weighted by Crippen LogP contribution is 2.13. The number of quaternary nitrogens is 2. The van der Waals surface area contributed by atoms with E-state index in [0.29, 0.717) is 0 Å². The number of nitrogens with one attached hydrogen (secondary N) is 1. The average Bonchev–Trinajstić information content (AvgIpc) is 2.68. The average molecular weight is 491 g/mol. The summed E-state index contributed by atoms with van der Waals surface area (Å²) in [4.78, 5) is 1.60. The van der Waals surface area contributed by atoms with Crippen LogP contribution in [0.1, 0.15) is 110 Å². The Hall–Kier alpha value is 0.0800. The van der Waals surface area contributed by atoms with Crippen LogP contribution in [0.25, 0.3) is 0 Å². The number of unbranched alkanes of at least 4 members (excludes halogenated alkanes) is 15. The van der Waals surface area contributed by atoms with Crippen LogP contribution in [0.15, 0.2) is 0 Å². The molecule has 0 saturated heterocycles. The molecule has 0 aromatic heterocycles. The first-order valence-electron chi connectivity index (χ1n) is 12.3. The van der Waals surface area contributed by atoms with Crippen molar-refractivity contribution in [3.8, 4) is 0 Å². The van der Waals surface area contributed by atoms with Crippen LogP contribution in [0.4, 0.5) is 0 Å². The zero-order valence-corrected chi connectivity index (χ0v) is 23.1. The van der Waals surface area contributed by atoms with E-state index >= 15 is 0 Å². The van der Waals surface area contributed by atoms with E-state index < -0.39 is 10.4 Å². The molecule has 0 aliphatic rings. The van der Waals surface area contributed by atoms with Gasteiger partial charge in [-0.1, -0.05) is 96.8 Å². The Morgan fingerprint density at radius 1 is 0.710 bits per heavy atom. The molecule has 3 N–H and O–H groups in total. The van der Waals surface area contributed by atoms with Crippen LogP contribution in [0.3, 0.4) is 0 Å². The molecule has 31 heavy (non-hydrogen) atoms. The van der Waals surface area contributed by atoms with E-state index in [0.717, 1.165) is 7.11 Å². The van der Waals surface area contributed by atoms with Gasteiger partial charge in [-0.25, -0.2) is 8.42 Å². The van der Waals surface area contributed by atoms with Crippen molar-refractivity contribution >= 4 is 10.4 Å². The summed E-state index contributed by atoms with van der Waals surface area (Å²) in [7, 11) is 4.91. The molecular weight excluding hydrogens is 436 g/mol. The molecule has 0 bridgehead atoms. The second-order valence-electron chi connectivity index (χ2n) is 8.41. The van der Waals surface area contributed by atoms with E-state index in [9.17, 15) is 13.0 Å². The molecule has 0 spiro atoms. The molecule has 0 aromatic rings. The van der Waals surface area contributed by atoms with Gasteiger partial charge in [-0.15, -0.1) is 0 Å². The zero-order valence-electron chi connectivity index (χ0n) is 21.5. The summed E-state index contributed by atoms with van der Waals surface area (Å²) in [6.45, 7) is 3.64. The summed E-state index contributed by atoms with van der Waals surface area (Å²) in [5.41, 5.74) is 0. The highest BCUT2D eigenvalue weighted by molar-refractivity contribution is 7.80. The van der Waals surface area contributed by atoms with E-state index in [-0.39, 0.29) is 12.4 Å². The summed E-state index contributed by atoms with van der Waals surface area (Å²) < 4.78 is 31.0. The topological polar surface area (TPSA) is 87.5 Å². The van der Waals surface area contributed by atoms with Gasteiger partial charge in [0.2, 0.25) is 10.4 Å². The van der Waals surface area contributed by atoms with Crippen LogP contribution in [0, 0.1) is 0 Å². The van der Waals surface area contributed by atoms with Gasteiger partial charge in [-0.2, -0.15) is 0 Å². The largest absolute Gasteiger partial charge is 1.00 e. The second-order valence-corrected chi connectivity index (χ2v) is 9.56. The van der Waals surface area contributed by atoms with Crippen molar-refractivity contribution in [2.45, 2.75) is 110 Å². The maximum absolute atomic E-state index is 9.22. The first-order chi connectivity index (χ1) is 14.2. The monoisotopic (exact) mass is 490 g/mol. The molecule has 0 fully saturated rings. The lowest BCUT2D eigenvalue weighted by atomic mass is 10.0. The standard InChI is InChI=1S/C20H43N.C2H7N.CH4O4S.ClH/c1-4-5-6-7-8-9-10-11-12-13-14-15-16-17-18-19-20-21(2)3;1-3-2;1-5-6(2,3)4;/h4-20H2,1-3H3;3H,1-2H3;1H3,(H,2,3,4);1H. The van der Waals surface area contributed by atoms with Crippen molar-refractivity contribution in [2.75, 3.05) is 41.8 Å². The predicted molar refractivity (Wildman–Crippen MR) is 128 cm³/mol. The first-order valence-corrected chi connectivity index (χ1v) is 13.6. The third-order valence-electron chi connectivity index (χ3n) is 4.73. The molecular formula is C23H55ClN2O4S. The Bertz CT molecular complexity index is 397. The fourth-order valence-corrected chi connectivity index (χ4v) is 3.03. The van der Waals surface area contributed by atoms with Gasteiger partial charge in [-0.3, -0.25) is 4.18 Å². The molecule has 0 radical (unpaired) electrons. The van der Waals surface area contributed by atoms with Crippen molar-refractivity contribution in [1.29, 1.82) is 0 Å².